The Morgan fingerprint density at radius 1 is 1.06 bits per heavy atom. The van der Waals surface area contributed by atoms with Crippen molar-refractivity contribution in [2.75, 3.05) is 43.9 Å². The van der Waals surface area contributed by atoms with Gasteiger partial charge in [0, 0.05) is 42.6 Å². The van der Waals surface area contributed by atoms with Crippen molar-refractivity contribution in [3.63, 3.8) is 0 Å². The molecule has 0 radical (unpaired) electrons. The molecule has 5 rings (SSSR count). The predicted molar refractivity (Wildman–Crippen MR) is 127 cm³/mol. The predicted octanol–water partition coefficient (Wildman–Crippen LogP) is 4.31. The van der Waals surface area contributed by atoms with Gasteiger partial charge in [0.25, 0.3) is 5.91 Å². The maximum absolute atomic E-state index is 13.3. The first-order chi connectivity index (χ1) is 15.0. The van der Waals surface area contributed by atoms with E-state index in [0.29, 0.717) is 23.7 Å². The average Bonchev–Trinajstić information content (AvgIpc) is 3.12. The summed E-state index contributed by atoms with van der Waals surface area (Å²) in [6.07, 6.45) is 0. The van der Waals surface area contributed by atoms with Gasteiger partial charge in [0.1, 0.15) is 15.5 Å². The number of nitrogens with two attached hydrogens (primary N) is 1. The molecule has 1 fully saturated rings. The second-order valence-electron chi connectivity index (χ2n) is 7.86. The van der Waals surface area contributed by atoms with Crippen LogP contribution in [-0.4, -0.2) is 49.1 Å². The minimum absolute atomic E-state index is 0.00452. The summed E-state index contributed by atoms with van der Waals surface area (Å²) in [5.41, 5.74) is 10.2. The third kappa shape index (κ3) is 3.55. The largest absolute Gasteiger partial charge is 0.497 e. The fourth-order valence-corrected chi connectivity index (χ4v) is 5.14. The molecule has 7 heteroatoms. The summed E-state index contributed by atoms with van der Waals surface area (Å²) in [4.78, 5) is 23.6. The molecule has 158 valence electrons. The zero-order valence-corrected chi connectivity index (χ0v) is 18.4. The highest BCUT2D eigenvalue weighted by molar-refractivity contribution is 7.21. The SMILES string of the molecule is COc1ccc(N2CCN(C(=O)c3sc4nc5ccc(C)cc5cc4c3N)CC2)cc1. The Hall–Kier alpha value is -3.32. The molecule has 4 aromatic rings. The molecule has 6 nitrogen and oxygen atoms in total. The van der Waals surface area contributed by atoms with Crippen molar-refractivity contribution < 1.29 is 9.53 Å². The lowest BCUT2D eigenvalue weighted by atomic mass is 10.1. The molecule has 0 atom stereocenters. The normalized spacial score (nSPS) is 14.4. The summed E-state index contributed by atoms with van der Waals surface area (Å²) in [6.45, 7) is 4.94. The summed E-state index contributed by atoms with van der Waals surface area (Å²) in [5, 5.41) is 1.91. The quantitative estimate of drug-likeness (QED) is 0.522. The zero-order chi connectivity index (χ0) is 21.5. The number of hydrogen-bond acceptors (Lipinski definition) is 6. The Morgan fingerprint density at radius 2 is 1.81 bits per heavy atom. The molecule has 0 unspecified atom stereocenters. The van der Waals surface area contributed by atoms with Crippen LogP contribution >= 0.6 is 11.3 Å². The minimum Gasteiger partial charge on any atom is -0.497 e. The number of aryl methyl sites for hydroxylation is 1. The number of fused-ring (bicyclic) bond motifs is 2. The van der Waals surface area contributed by atoms with Crippen molar-refractivity contribution in [2.24, 2.45) is 0 Å². The first-order valence-electron chi connectivity index (χ1n) is 10.3. The highest BCUT2D eigenvalue weighted by Gasteiger charge is 2.26. The second kappa shape index (κ2) is 7.74. The van der Waals surface area contributed by atoms with E-state index in [1.807, 2.05) is 29.2 Å². The van der Waals surface area contributed by atoms with Gasteiger partial charge in [-0.1, -0.05) is 11.6 Å². The van der Waals surface area contributed by atoms with Crippen LogP contribution in [0.25, 0.3) is 21.1 Å². The van der Waals surface area contributed by atoms with Crippen molar-refractivity contribution in [3.05, 3.63) is 59.0 Å². The van der Waals surface area contributed by atoms with E-state index >= 15 is 0 Å². The third-order valence-electron chi connectivity index (χ3n) is 5.87. The summed E-state index contributed by atoms with van der Waals surface area (Å²) in [6, 6.07) is 16.2. The van der Waals surface area contributed by atoms with Gasteiger partial charge in [0.2, 0.25) is 0 Å². The maximum atomic E-state index is 13.3. The van der Waals surface area contributed by atoms with Crippen molar-refractivity contribution in [1.82, 2.24) is 9.88 Å². The van der Waals surface area contributed by atoms with Crippen molar-refractivity contribution >= 4 is 49.7 Å². The first-order valence-corrected chi connectivity index (χ1v) is 11.1. The van der Waals surface area contributed by atoms with Crippen LogP contribution in [0.15, 0.2) is 48.5 Å². The number of methoxy groups -OCH3 is 1. The number of nitrogen functional groups attached to an aromatic ring is 1. The number of amides is 1. The maximum Gasteiger partial charge on any atom is 0.266 e. The van der Waals surface area contributed by atoms with Gasteiger partial charge in [-0.3, -0.25) is 4.79 Å². The Balaban J connectivity index is 1.36. The molecule has 0 spiro atoms. The van der Waals surface area contributed by atoms with E-state index in [-0.39, 0.29) is 5.91 Å². The molecule has 1 aliphatic rings. The Morgan fingerprint density at radius 3 is 2.52 bits per heavy atom. The van der Waals surface area contributed by atoms with Crippen LogP contribution in [-0.2, 0) is 0 Å². The number of ether oxygens (including phenoxy) is 1. The number of benzene rings is 2. The molecule has 0 aliphatic carbocycles. The fraction of sp³-hybridized carbons (Fsp3) is 0.250. The standard InChI is InChI=1S/C24H24N4O2S/c1-15-3-8-20-16(13-15)14-19-21(25)22(31-23(19)26-20)24(29)28-11-9-27(10-12-28)17-4-6-18(30-2)7-5-17/h3-8,13-14H,9-12,25H2,1-2H3. The average molecular weight is 433 g/mol. The molecule has 0 bridgehead atoms. The van der Waals surface area contributed by atoms with Gasteiger partial charge < -0.3 is 20.3 Å². The fourth-order valence-electron chi connectivity index (χ4n) is 4.09. The topological polar surface area (TPSA) is 71.7 Å². The first kappa shape index (κ1) is 19.6. The number of thiophene rings is 1. The number of aromatic nitrogens is 1. The van der Waals surface area contributed by atoms with Gasteiger partial charge in [-0.05, 0) is 49.4 Å². The highest BCUT2D eigenvalue weighted by Crippen LogP contribution is 2.35. The van der Waals surface area contributed by atoms with Gasteiger partial charge >= 0.3 is 0 Å². The molecule has 2 aromatic carbocycles. The van der Waals surface area contributed by atoms with Crippen LogP contribution in [0.1, 0.15) is 15.2 Å². The van der Waals surface area contributed by atoms with E-state index in [0.717, 1.165) is 45.6 Å². The molecule has 1 saturated heterocycles. The zero-order valence-electron chi connectivity index (χ0n) is 17.6. The van der Waals surface area contributed by atoms with Gasteiger partial charge in [-0.15, -0.1) is 11.3 Å². The van der Waals surface area contributed by atoms with Gasteiger partial charge in [0.05, 0.1) is 18.3 Å². The van der Waals surface area contributed by atoms with E-state index < -0.39 is 0 Å². The number of rotatable bonds is 3. The molecule has 2 N–H and O–H groups in total. The summed E-state index contributed by atoms with van der Waals surface area (Å²) >= 11 is 1.39. The Labute approximate surface area is 184 Å². The molecule has 31 heavy (non-hydrogen) atoms. The van der Waals surface area contributed by atoms with E-state index in [4.69, 9.17) is 15.5 Å². The van der Waals surface area contributed by atoms with Crippen molar-refractivity contribution in [3.8, 4) is 5.75 Å². The van der Waals surface area contributed by atoms with Crippen LogP contribution < -0.4 is 15.4 Å². The van der Waals surface area contributed by atoms with Crippen LogP contribution in [0.2, 0.25) is 0 Å². The molecular formula is C24H24N4O2S. The van der Waals surface area contributed by atoms with Gasteiger partial charge in [-0.2, -0.15) is 0 Å². The third-order valence-corrected chi connectivity index (χ3v) is 6.97. The molecule has 1 amide bonds. The molecule has 2 aromatic heterocycles. The van der Waals surface area contributed by atoms with Crippen LogP contribution in [0.3, 0.4) is 0 Å². The van der Waals surface area contributed by atoms with Crippen LogP contribution in [0.4, 0.5) is 11.4 Å². The van der Waals surface area contributed by atoms with Crippen LogP contribution in [0.5, 0.6) is 5.75 Å². The molecular weight excluding hydrogens is 408 g/mol. The highest BCUT2D eigenvalue weighted by atomic mass is 32.1. The Kier molecular flexibility index (Phi) is 4.90. The summed E-state index contributed by atoms with van der Waals surface area (Å²) in [7, 11) is 1.66. The number of carbonyl (C=O) groups excluding carboxylic acids is 1. The Bertz CT molecular complexity index is 1270. The number of hydrogen-bond donors (Lipinski definition) is 1. The lowest BCUT2D eigenvalue weighted by Gasteiger charge is -2.36. The van der Waals surface area contributed by atoms with E-state index in [2.05, 4.69) is 36.1 Å². The van der Waals surface area contributed by atoms with E-state index in [1.54, 1.807) is 7.11 Å². The van der Waals surface area contributed by atoms with E-state index in [1.165, 1.54) is 16.9 Å². The van der Waals surface area contributed by atoms with Crippen LogP contribution in [0, 0.1) is 6.92 Å². The minimum atomic E-state index is -0.00452. The molecule has 3 heterocycles. The number of piperazine rings is 1. The lowest BCUT2D eigenvalue weighted by Crippen LogP contribution is -2.48. The second-order valence-corrected chi connectivity index (χ2v) is 8.86. The lowest BCUT2D eigenvalue weighted by molar-refractivity contribution is 0.0752. The number of anilines is 2. The molecule has 0 saturated carbocycles. The summed E-state index contributed by atoms with van der Waals surface area (Å²) in [5.74, 6) is 0.837. The van der Waals surface area contributed by atoms with Crippen molar-refractivity contribution in [2.45, 2.75) is 6.92 Å². The smallest absolute Gasteiger partial charge is 0.266 e. The van der Waals surface area contributed by atoms with E-state index in [9.17, 15) is 4.79 Å². The molecule has 1 aliphatic heterocycles. The summed E-state index contributed by atoms with van der Waals surface area (Å²) < 4.78 is 5.23. The number of pyridine rings is 1. The van der Waals surface area contributed by atoms with Crippen molar-refractivity contribution in [1.29, 1.82) is 0 Å². The van der Waals surface area contributed by atoms with Gasteiger partial charge in [0.15, 0.2) is 0 Å². The number of carbonyl (C=O) groups is 1. The van der Waals surface area contributed by atoms with Gasteiger partial charge in [-0.25, -0.2) is 4.98 Å². The monoisotopic (exact) mass is 432 g/mol. The number of nitrogens with zero attached hydrogens (tertiary/aromatic N) is 3.